The van der Waals surface area contributed by atoms with Gasteiger partial charge in [0.15, 0.2) is 0 Å². The quantitative estimate of drug-likeness (QED) is 0.249. The van der Waals surface area contributed by atoms with Crippen LogP contribution in [0.2, 0.25) is 0 Å². The first-order chi connectivity index (χ1) is 7.70. The Kier molecular flexibility index (Phi) is 10.4. The molecule has 0 fully saturated rings. The molecule has 0 bridgehead atoms. The molecule has 3 N–H and O–H groups in total. The minimum atomic E-state index is -0.0755. The van der Waals surface area contributed by atoms with Crippen LogP contribution in [0.4, 0.5) is 0 Å². The summed E-state index contributed by atoms with van der Waals surface area (Å²) < 4.78 is 4.99. The normalized spacial score (nSPS) is 10.8. The first kappa shape index (κ1) is 15.3. The Bertz CT molecular complexity index is 177. The summed E-state index contributed by atoms with van der Waals surface area (Å²) in [7, 11) is 3.84. The van der Waals surface area contributed by atoms with Crippen LogP contribution >= 0.6 is 0 Å². The van der Waals surface area contributed by atoms with Crippen LogP contribution in [0.5, 0.6) is 0 Å². The van der Waals surface area contributed by atoms with Gasteiger partial charge in [-0.2, -0.15) is 0 Å². The molecule has 1 amide bonds. The molecule has 96 valence electrons. The highest BCUT2D eigenvalue weighted by molar-refractivity contribution is 5.74. The average Bonchev–Trinajstić information content (AvgIpc) is 2.28. The summed E-state index contributed by atoms with van der Waals surface area (Å²) in [6.07, 6.45) is 4.71. The van der Waals surface area contributed by atoms with E-state index in [9.17, 15) is 4.79 Å². The van der Waals surface area contributed by atoms with Crippen molar-refractivity contribution in [1.29, 1.82) is 0 Å². The van der Waals surface area contributed by atoms with E-state index in [1.165, 1.54) is 0 Å². The third kappa shape index (κ3) is 9.89. The Hall–Kier alpha value is -0.650. The van der Waals surface area contributed by atoms with E-state index in [-0.39, 0.29) is 5.91 Å². The van der Waals surface area contributed by atoms with Crippen molar-refractivity contribution < 1.29 is 9.53 Å². The van der Waals surface area contributed by atoms with E-state index >= 15 is 0 Å². The van der Waals surface area contributed by atoms with E-state index in [4.69, 9.17) is 10.6 Å². The zero-order chi connectivity index (χ0) is 12.2. The highest BCUT2D eigenvalue weighted by Gasteiger charge is 2.00. The lowest BCUT2D eigenvalue weighted by atomic mass is 10.2. The minimum absolute atomic E-state index is 0.0755. The lowest BCUT2D eigenvalue weighted by Crippen LogP contribution is -2.29. The van der Waals surface area contributed by atoms with Crippen molar-refractivity contribution in [3.8, 4) is 0 Å². The van der Waals surface area contributed by atoms with Crippen LogP contribution in [0.25, 0.3) is 0 Å². The number of carbonyl (C=O) groups excluding carboxylic acids is 1. The summed E-state index contributed by atoms with van der Waals surface area (Å²) in [6.45, 7) is 2.96. The fourth-order valence-electron chi connectivity index (χ4n) is 1.51. The molecule has 0 aromatic rings. The number of hydrogen-bond acceptors (Lipinski definition) is 4. The molecule has 0 radical (unpaired) electrons. The van der Waals surface area contributed by atoms with Crippen LogP contribution in [0.3, 0.4) is 0 Å². The zero-order valence-corrected chi connectivity index (χ0v) is 10.5. The first-order valence-electron chi connectivity index (χ1n) is 5.87. The Morgan fingerprint density at radius 3 is 2.56 bits per heavy atom. The molecule has 0 aliphatic heterocycles. The van der Waals surface area contributed by atoms with Crippen molar-refractivity contribution in [2.75, 3.05) is 33.9 Å². The van der Waals surface area contributed by atoms with Gasteiger partial charge in [0.05, 0.1) is 0 Å². The van der Waals surface area contributed by atoms with E-state index in [0.717, 1.165) is 45.4 Å². The second kappa shape index (κ2) is 10.9. The van der Waals surface area contributed by atoms with Crippen LogP contribution in [-0.2, 0) is 9.53 Å². The Morgan fingerprint density at radius 2 is 1.94 bits per heavy atom. The van der Waals surface area contributed by atoms with Gasteiger partial charge in [-0.3, -0.25) is 10.2 Å². The number of hydrazine groups is 1. The number of methoxy groups -OCH3 is 1. The maximum absolute atomic E-state index is 10.8. The molecule has 0 unspecified atom stereocenters. The number of nitrogens with two attached hydrogens (primary N) is 1. The van der Waals surface area contributed by atoms with Gasteiger partial charge in [0.1, 0.15) is 0 Å². The van der Waals surface area contributed by atoms with Gasteiger partial charge in [0.2, 0.25) is 5.91 Å². The molecule has 0 rings (SSSR count). The van der Waals surface area contributed by atoms with Gasteiger partial charge in [0.25, 0.3) is 0 Å². The van der Waals surface area contributed by atoms with E-state index in [1.807, 2.05) is 0 Å². The maximum Gasteiger partial charge on any atom is 0.233 e. The second-order valence-electron chi connectivity index (χ2n) is 4.03. The number of rotatable bonds is 10. The number of amides is 1. The number of nitrogens with one attached hydrogen (secondary N) is 1. The molecular formula is C11H25N3O2. The van der Waals surface area contributed by atoms with Crippen LogP contribution in [0.15, 0.2) is 0 Å². The summed E-state index contributed by atoms with van der Waals surface area (Å²) in [5.74, 6) is 4.91. The van der Waals surface area contributed by atoms with E-state index in [2.05, 4.69) is 17.4 Å². The lowest BCUT2D eigenvalue weighted by Gasteiger charge is -2.15. The molecule has 0 heterocycles. The van der Waals surface area contributed by atoms with Crippen LogP contribution in [0.1, 0.15) is 32.1 Å². The van der Waals surface area contributed by atoms with Gasteiger partial charge in [-0.05, 0) is 32.9 Å². The smallest absolute Gasteiger partial charge is 0.233 e. The molecule has 16 heavy (non-hydrogen) atoms. The molecule has 0 aromatic carbocycles. The maximum atomic E-state index is 10.8. The second-order valence-corrected chi connectivity index (χ2v) is 4.03. The SMILES string of the molecule is COCCCN(C)CCCCCC(=O)NN. The van der Waals surface area contributed by atoms with Crippen molar-refractivity contribution in [2.24, 2.45) is 5.84 Å². The van der Waals surface area contributed by atoms with E-state index in [0.29, 0.717) is 6.42 Å². The van der Waals surface area contributed by atoms with Crippen molar-refractivity contribution in [2.45, 2.75) is 32.1 Å². The lowest BCUT2D eigenvalue weighted by molar-refractivity contribution is -0.121. The molecule has 5 nitrogen and oxygen atoms in total. The highest BCUT2D eigenvalue weighted by atomic mass is 16.5. The highest BCUT2D eigenvalue weighted by Crippen LogP contribution is 2.01. The van der Waals surface area contributed by atoms with Gasteiger partial charge < -0.3 is 9.64 Å². The summed E-state index contributed by atoms with van der Waals surface area (Å²) >= 11 is 0. The van der Waals surface area contributed by atoms with Crippen molar-refractivity contribution >= 4 is 5.91 Å². The predicted octanol–water partition coefficient (Wildman–Crippen LogP) is 0.505. The Labute approximate surface area is 98.3 Å². The fraction of sp³-hybridized carbons (Fsp3) is 0.909. The Balaban J connectivity index is 3.21. The third-order valence-electron chi connectivity index (χ3n) is 2.49. The van der Waals surface area contributed by atoms with Crippen molar-refractivity contribution in [3.63, 3.8) is 0 Å². The summed E-state index contributed by atoms with van der Waals surface area (Å²) in [5.41, 5.74) is 2.14. The molecule has 0 aliphatic carbocycles. The van der Waals surface area contributed by atoms with Crippen LogP contribution in [-0.4, -0.2) is 44.7 Å². The topological polar surface area (TPSA) is 67.6 Å². The number of hydrogen-bond donors (Lipinski definition) is 2. The molecule has 0 saturated heterocycles. The van der Waals surface area contributed by atoms with Gasteiger partial charge in [-0.1, -0.05) is 6.42 Å². The Morgan fingerprint density at radius 1 is 1.25 bits per heavy atom. The van der Waals surface area contributed by atoms with E-state index in [1.54, 1.807) is 7.11 Å². The van der Waals surface area contributed by atoms with Gasteiger partial charge in [0, 0.05) is 26.7 Å². The van der Waals surface area contributed by atoms with Gasteiger partial charge in [-0.15, -0.1) is 0 Å². The molecule has 5 heteroatoms. The minimum Gasteiger partial charge on any atom is -0.385 e. The number of carbonyl (C=O) groups is 1. The van der Waals surface area contributed by atoms with Crippen molar-refractivity contribution in [3.05, 3.63) is 0 Å². The largest absolute Gasteiger partial charge is 0.385 e. The summed E-state index contributed by atoms with van der Waals surface area (Å²) in [5, 5.41) is 0. The number of unbranched alkanes of at least 4 members (excludes halogenated alkanes) is 2. The van der Waals surface area contributed by atoms with Crippen molar-refractivity contribution in [1.82, 2.24) is 10.3 Å². The predicted molar refractivity (Wildman–Crippen MR) is 64.8 cm³/mol. The fourth-order valence-corrected chi connectivity index (χ4v) is 1.51. The first-order valence-corrected chi connectivity index (χ1v) is 5.87. The summed E-state index contributed by atoms with van der Waals surface area (Å²) in [4.78, 5) is 13.1. The third-order valence-corrected chi connectivity index (χ3v) is 2.49. The molecule has 0 aliphatic rings. The number of nitrogens with zero attached hydrogens (tertiary/aromatic N) is 1. The molecular weight excluding hydrogens is 206 g/mol. The standard InChI is InChI=1S/C11H25N3O2/c1-14(9-6-10-16-2)8-5-3-4-7-11(15)13-12/h3-10,12H2,1-2H3,(H,13,15). The summed E-state index contributed by atoms with van der Waals surface area (Å²) in [6, 6.07) is 0. The van der Waals surface area contributed by atoms with Crippen LogP contribution < -0.4 is 11.3 Å². The molecule has 0 atom stereocenters. The molecule has 0 spiro atoms. The molecule has 0 aromatic heterocycles. The molecule has 0 saturated carbocycles. The van der Waals surface area contributed by atoms with Gasteiger partial charge in [-0.25, -0.2) is 5.84 Å². The van der Waals surface area contributed by atoms with E-state index < -0.39 is 0 Å². The van der Waals surface area contributed by atoms with Crippen LogP contribution in [0, 0.1) is 0 Å². The number of ether oxygens (including phenoxy) is 1. The average molecular weight is 231 g/mol. The zero-order valence-electron chi connectivity index (χ0n) is 10.5. The monoisotopic (exact) mass is 231 g/mol. The van der Waals surface area contributed by atoms with Gasteiger partial charge >= 0.3 is 0 Å².